The average molecular weight is 330 g/mol. The van der Waals surface area contributed by atoms with Crippen molar-refractivity contribution in [2.24, 2.45) is 11.8 Å². The lowest BCUT2D eigenvalue weighted by molar-refractivity contribution is -0.121. The molecule has 0 bridgehead atoms. The molecule has 2 N–H and O–H groups in total. The molecule has 0 aliphatic carbocycles. The van der Waals surface area contributed by atoms with Gasteiger partial charge in [-0.15, -0.1) is 0 Å². The topological polar surface area (TPSA) is 41.1 Å². The molecule has 1 atom stereocenters. The fourth-order valence-electron chi connectivity index (χ4n) is 1.70. The van der Waals surface area contributed by atoms with Gasteiger partial charge in [-0.1, -0.05) is 13.0 Å². The standard InChI is InChI=1S/C12H15IN2O/c1-8(9-6-14-7-9)12(16)15-11-4-2-3-10(13)5-11/h2-5,8-9,14H,6-7H2,1H3,(H,15,16). The van der Waals surface area contributed by atoms with E-state index < -0.39 is 0 Å². The van der Waals surface area contributed by atoms with Crippen LogP contribution in [0.15, 0.2) is 24.3 Å². The molecule has 1 aromatic rings. The van der Waals surface area contributed by atoms with Crippen molar-refractivity contribution in [3.05, 3.63) is 27.8 Å². The maximum Gasteiger partial charge on any atom is 0.227 e. The second-order valence-corrected chi connectivity index (χ2v) is 5.45. The van der Waals surface area contributed by atoms with E-state index in [2.05, 4.69) is 33.2 Å². The van der Waals surface area contributed by atoms with Gasteiger partial charge in [0.05, 0.1) is 0 Å². The third kappa shape index (κ3) is 2.74. The van der Waals surface area contributed by atoms with Crippen molar-refractivity contribution in [1.82, 2.24) is 5.32 Å². The number of benzene rings is 1. The number of rotatable bonds is 3. The lowest BCUT2D eigenvalue weighted by Crippen LogP contribution is -2.48. The van der Waals surface area contributed by atoms with Crippen LogP contribution in [0.25, 0.3) is 0 Å². The van der Waals surface area contributed by atoms with Gasteiger partial charge in [0, 0.05) is 15.2 Å². The summed E-state index contributed by atoms with van der Waals surface area (Å²) in [6, 6.07) is 7.86. The second-order valence-electron chi connectivity index (χ2n) is 4.21. The Kier molecular flexibility index (Phi) is 3.81. The molecule has 0 radical (unpaired) electrons. The van der Waals surface area contributed by atoms with E-state index in [1.807, 2.05) is 31.2 Å². The van der Waals surface area contributed by atoms with Crippen LogP contribution in [0.2, 0.25) is 0 Å². The van der Waals surface area contributed by atoms with Crippen molar-refractivity contribution < 1.29 is 4.79 Å². The molecule has 1 heterocycles. The van der Waals surface area contributed by atoms with E-state index in [1.54, 1.807) is 0 Å². The quantitative estimate of drug-likeness (QED) is 0.834. The highest BCUT2D eigenvalue weighted by Gasteiger charge is 2.28. The van der Waals surface area contributed by atoms with Crippen LogP contribution in [0.3, 0.4) is 0 Å². The van der Waals surface area contributed by atoms with Gasteiger partial charge in [0.25, 0.3) is 0 Å². The zero-order chi connectivity index (χ0) is 11.5. The van der Waals surface area contributed by atoms with Crippen LogP contribution in [0.5, 0.6) is 0 Å². The molecule has 1 aromatic carbocycles. The molecular formula is C12H15IN2O. The van der Waals surface area contributed by atoms with Gasteiger partial charge >= 0.3 is 0 Å². The molecule has 1 fully saturated rings. The van der Waals surface area contributed by atoms with Gasteiger partial charge in [-0.25, -0.2) is 0 Å². The highest BCUT2D eigenvalue weighted by molar-refractivity contribution is 14.1. The Bertz CT molecular complexity index is 390. The summed E-state index contributed by atoms with van der Waals surface area (Å²) in [5.74, 6) is 0.690. The molecule has 4 heteroatoms. The van der Waals surface area contributed by atoms with Crippen LogP contribution in [0.1, 0.15) is 6.92 Å². The number of hydrogen-bond acceptors (Lipinski definition) is 2. The molecule has 86 valence electrons. The summed E-state index contributed by atoms with van der Waals surface area (Å²) >= 11 is 2.24. The van der Waals surface area contributed by atoms with Gasteiger partial charge in [0.1, 0.15) is 0 Å². The van der Waals surface area contributed by atoms with Crippen molar-refractivity contribution >= 4 is 34.2 Å². The Morgan fingerprint density at radius 2 is 2.31 bits per heavy atom. The maximum atomic E-state index is 11.9. The fourth-order valence-corrected chi connectivity index (χ4v) is 2.24. The molecular weight excluding hydrogens is 315 g/mol. The summed E-state index contributed by atoms with van der Waals surface area (Å²) in [6.45, 7) is 3.91. The predicted molar refractivity (Wildman–Crippen MR) is 73.3 cm³/mol. The van der Waals surface area contributed by atoms with E-state index in [4.69, 9.17) is 0 Å². The summed E-state index contributed by atoms with van der Waals surface area (Å²) in [5.41, 5.74) is 0.885. The molecule has 1 saturated heterocycles. The summed E-state index contributed by atoms with van der Waals surface area (Å²) in [6.07, 6.45) is 0. The first kappa shape index (κ1) is 11.9. The number of carbonyl (C=O) groups excluding carboxylic acids is 1. The lowest BCUT2D eigenvalue weighted by atomic mass is 9.88. The molecule has 16 heavy (non-hydrogen) atoms. The summed E-state index contributed by atoms with van der Waals surface area (Å²) < 4.78 is 1.13. The summed E-state index contributed by atoms with van der Waals surface area (Å²) in [4.78, 5) is 11.9. The van der Waals surface area contributed by atoms with Crippen molar-refractivity contribution in [2.75, 3.05) is 18.4 Å². The monoisotopic (exact) mass is 330 g/mol. The van der Waals surface area contributed by atoms with E-state index in [0.29, 0.717) is 5.92 Å². The molecule has 0 spiro atoms. The molecule has 2 rings (SSSR count). The maximum absolute atomic E-state index is 11.9. The third-order valence-corrected chi connectivity index (χ3v) is 3.70. The smallest absolute Gasteiger partial charge is 0.227 e. The van der Waals surface area contributed by atoms with Crippen LogP contribution in [-0.2, 0) is 4.79 Å². The number of anilines is 1. The van der Waals surface area contributed by atoms with E-state index in [0.717, 1.165) is 22.3 Å². The van der Waals surface area contributed by atoms with Crippen molar-refractivity contribution in [3.63, 3.8) is 0 Å². The van der Waals surface area contributed by atoms with Crippen LogP contribution >= 0.6 is 22.6 Å². The average Bonchev–Trinajstić information content (AvgIpc) is 2.14. The fraction of sp³-hybridized carbons (Fsp3) is 0.417. The molecule has 1 unspecified atom stereocenters. The highest BCUT2D eigenvalue weighted by Crippen LogP contribution is 2.19. The zero-order valence-electron chi connectivity index (χ0n) is 9.16. The highest BCUT2D eigenvalue weighted by atomic mass is 127. The first-order valence-electron chi connectivity index (χ1n) is 5.44. The molecule has 1 amide bonds. The molecule has 1 aliphatic rings. The first-order valence-corrected chi connectivity index (χ1v) is 6.52. The third-order valence-electron chi connectivity index (χ3n) is 3.03. The Hall–Kier alpha value is -0.620. The predicted octanol–water partition coefficient (Wildman–Crippen LogP) is 2.09. The summed E-state index contributed by atoms with van der Waals surface area (Å²) in [5, 5.41) is 6.15. The first-order chi connectivity index (χ1) is 7.66. The van der Waals surface area contributed by atoms with Crippen LogP contribution in [0.4, 0.5) is 5.69 Å². The Morgan fingerprint density at radius 1 is 1.56 bits per heavy atom. The van der Waals surface area contributed by atoms with Gasteiger partial charge in [-0.2, -0.15) is 0 Å². The Morgan fingerprint density at radius 3 is 2.88 bits per heavy atom. The van der Waals surface area contributed by atoms with E-state index in [9.17, 15) is 4.79 Å². The number of amides is 1. The SMILES string of the molecule is CC(C(=O)Nc1cccc(I)c1)C1CNC1. The molecule has 3 nitrogen and oxygen atoms in total. The van der Waals surface area contributed by atoms with Gasteiger partial charge < -0.3 is 10.6 Å². The lowest BCUT2D eigenvalue weighted by Gasteiger charge is -2.31. The molecule has 1 aliphatic heterocycles. The van der Waals surface area contributed by atoms with Crippen molar-refractivity contribution in [3.8, 4) is 0 Å². The van der Waals surface area contributed by atoms with Gasteiger partial charge in [0.15, 0.2) is 0 Å². The second kappa shape index (κ2) is 5.14. The number of carbonyl (C=O) groups is 1. The Balaban J connectivity index is 1.96. The Labute approximate surface area is 109 Å². The van der Waals surface area contributed by atoms with Crippen molar-refractivity contribution in [1.29, 1.82) is 0 Å². The largest absolute Gasteiger partial charge is 0.326 e. The van der Waals surface area contributed by atoms with E-state index >= 15 is 0 Å². The van der Waals surface area contributed by atoms with Crippen molar-refractivity contribution in [2.45, 2.75) is 6.92 Å². The van der Waals surface area contributed by atoms with Crippen LogP contribution in [0, 0.1) is 15.4 Å². The number of halogens is 1. The van der Waals surface area contributed by atoms with Gasteiger partial charge in [-0.3, -0.25) is 4.79 Å². The minimum atomic E-state index is 0.0825. The zero-order valence-corrected chi connectivity index (χ0v) is 11.3. The van der Waals surface area contributed by atoms with Crippen LogP contribution in [-0.4, -0.2) is 19.0 Å². The van der Waals surface area contributed by atoms with Gasteiger partial charge in [0.2, 0.25) is 5.91 Å². The van der Waals surface area contributed by atoms with E-state index in [-0.39, 0.29) is 11.8 Å². The van der Waals surface area contributed by atoms with Gasteiger partial charge in [-0.05, 0) is 59.8 Å². The number of nitrogens with one attached hydrogen (secondary N) is 2. The van der Waals surface area contributed by atoms with Crippen LogP contribution < -0.4 is 10.6 Å². The van der Waals surface area contributed by atoms with E-state index in [1.165, 1.54) is 0 Å². The minimum absolute atomic E-state index is 0.0825. The minimum Gasteiger partial charge on any atom is -0.326 e. The number of hydrogen-bond donors (Lipinski definition) is 2. The summed E-state index contributed by atoms with van der Waals surface area (Å²) in [7, 11) is 0. The molecule has 0 aromatic heterocycles. The normalized spacial score (nSPS) is 17.6. The molecule has 0 saturated carbocycles.